The molecule has 0 aromatic heterocycles. The van der Waals surface area contributed by atoms with Gasteiger partial charge in [0.05, 0.1) is 19.7 Å². The van der Waals surface area contributed by atoms with E-state index in [0.29, 0.717) is 25.1 Å². The van der Waals surface area contributed by atoms with E-state index in [4.69, 9.17) is 4.74 Å². The fraction of sp³-hybridized carbons (Fsp3) is 0.259. The number of hydrogen-bond acceptors (Lipinski definition) is 3. The molecule has 1 aliphatic heterocycles. The minimum Gasteiger partial charge on any atom is -0.497 e. The second-order valence-corrected chi connectivity index (χ2v) is 8.35. The Bertz CT molecular complexity index is 1130. The monoisotopic (exact) mass is 443 g/mol. The Balaban J connectivity index is 1.55. The molecule has 0 radical (unpaired) electrons. The van der Waals surface area contributed by atoms with Crippen molar-refractivity contribution < 1.29 is 14.3 Å². The van der Waals surface area contributed by atoms with Crippen LogP contribution in [0, 0.1) is 13.8 Å². The third-order valence-corrected chi connectivity index (χ3v) is 6.20. The van der Waals surface area contributed by atoms with Crippen LogP contribution in [0.1, 0.15) is 38.7 Å². The van der Waals surface area contributed by atoms with Crippen molar-refractivity contribution in [2.45, 2.75) is 26.3 Å². The lowest BCUT2D eigenvalue weighted by Gasteiger charge is -2.24. The lowest BCUT2D eigenvalue weighted by molar-refractivity contribution is 0.0845. The fourth-order valence-electron chi connectivity index (χ4n) is 4.06. The van der Waals surface area contributed by atoms with Gasteiger partial charge in [0.15, 0.2) is 0 Å². The van der Waals surface area contributed by atoms with Crippen molar-refractivity contribution in [1.29, 1.82) is 0 Å². The summed E-state index contributed by atoms with van der Waals surface area (Å²) in [6.45, 7) is 5.09. The molecule has 33 heavy (non-hydrogen) atoms. The van der Waals surface area contributed by atoms with Gasteiger partial charge in [0, 0.05) is 12.1 Å². The van der Waals surface area contributed by atoms with Crippen LogP contribution in [0.3, 0.4) is 0 Å². The highest BCUT2D eigenvalue weighted by Crippen LogP contribution is 2.30. The minimum absolute atomic E-state index is 0.147. The third kappa shape index (κ3) is 5.00. The van der Waals surface area contributed by atoms with Crippen molar-refractivity contribution in [3.8, 4) is 5.75 Å². The standard InChI is InChI=1S/C27H29N3O3/c1-19-9-12-23(17-20(19)2)25-18-30(28-26(31)22-7-5-4-6-8-22)27(32)29(25)16-15-21-10-13-24(33-3)14-11-21/h4-14,17,25H,15-16,18H2,1-3H3,(H,28,31). The zero-order chi connectivity index (χ0) is 23.4. The van der Waals surface area contributed by atoms with Crippen LogP contribution in [0.15, 0.2) is 72.8 Å². The first-order valence-corrected chi connectivity index (χ1v) is 11.1. The number of hydrogen-bond donors (Lipinski definition) is 1. The van der Waals surface area contributed by atoms with Crippen LogP contribution in [0.4, 0.5) is 4.79 Å². The maximum atomic E-state index is 13.3. The average Bonchev–Trinajstić information content (AvgIpc) is 3.15. The fourth-order valence-corrected chi connectivity index (χ4v) is 4.06. The summed E-state index contributed by atoms with van der Waals surface area (Å²) >= 11 is 0. The van der Waals surface area contributed by atoms with Gasteiger partial charge in [-0.15, -0.1) is 0 Å². The Morgan fingerprint density at radius 1 is 1.00 bits per heavy atom. The van der Waals surface area contributed by atoms with Crippen molar-refractivity contribution in [2.24, 2.45) is 0 Å². The molecular formula is C27H29N3O3. The summed E-state index contributed by atoms with van der Waals surface area (Å²) in [6.07, 6.45) is 0.706. The van der Waals surface area contributed by atoms with Crippen LogP contribution in [-0.2, 0) is 6.42 Å². The Labute approximate surface area is 194 Å². The van der Waals surface area contributed by atoms with Gasteiger partial charge in [0.2, 0.25) is 0 Å². The Morgan fingerprint density at radius 3 is 2.39 bits per heavy atom. The van der Waals surface area contributed by atoms with Crippen molar-refractivity contribution in [3.05, 3.63) is 101 Å². The molecule has 1 fully saturated rings. The quantitative estimate of drug-likeness (QED) is 0.577. The van der Waals surface area contributed by atoms with E-state index in [1.165, 1.54) is 16.1 Å². The lowest BCUT2D eigenvalue weighted by Crippen LogP contribution is -2.45. The number of methoxy groups -OCH3 is 1. The molecule has 4 rings (SSSR count). The van der Waals surface area contributed by atoms with Crippen LogP contribution < -0.4 is 10.2 Å². The number of hydrazine groups is 1. The van der Waals surface area contributed by atoms with E-state index in [1.54, 1.807) is 31.4 Å². The number of carbonyl (C=O) groups excluding carboxylic acids is 2. The van der Waals surface area contributed by atoms with Crippen LogP contribution in [0.25, 0.3) is 0 Å². The Hall–Kier alpha value is -3.80. The van der Waals surface area contributed by atoms with E-state index in [-0.39, 0.29) is 18.0 Å². The van der Waals surface area contributed by atoms with Gasteiger partial charge >= 0.3 is 6.03 Å². The van der Waals surface area contributed by atoms with Crippen LogP contribution in [0.5, 0.6) is 5.75 Å². The zero-order valence-electron chi connectivity index (χ0n) is 19.2. The molecule has 3 aromatic rings. The molecule has 6 nitrogen and oxygen atoms in total. The minimum atomic E-state index is -0.292. The van der Waals surface area contributed by atoms with Crippen molar-refractivity contribution in [2.75, 3.05) is 20.2 Å². The lowest BCUT2D eigenvalue weighted by atomic mass is 10.0. The first-order chi connectivity index (χ1) is 16.0. The maximum Gasteiger partial charge on any atom is 0.339 e. The van der Waals surface area contributed by atoms with Gasteiger partial charge < -0.3 is 9.64 Å². The van der Waals surface area contributed by atoms with Gasteiger partial charge in [-0.2, -0.15) is 0 Å². The second kappa shape index (κ2) is 9.77. The topological polar surface area (TPSA) is 61.9 Å². The first-order valence-electron chi connectivity index (χ1n) is 11.1. The largest absolute Gasteiger partial charge is 0.497 e. The van der Waals surface area contributed by atoms with E-state index in [1.807, 2.05) is 35.2 Å². The number of amides is 3. The van der Waals surface area contributed by atoms with E-state index in [2.05, 4.69) is 37.5 Å². The van der Waals surface area contributed by atoms with Gasteiger partial charge in [-0.1, -0.05) is 48.5 Å². The summed E-state index contributed by atoms with van der Waals surface area (Å²) in [5.74, 6) is 0.513. The molecule has 0 spiro atoms. The molecule has 1 heterocycles. The number of nitrogens with one attached hydrogen (secondary N) is 1. The number of carbonyl (C=O) groups is 2. The van der Waals surface area contributed by atoms with Crippen LogP contribution in [-0.4, -0.2) is 42.0 Å². The molecule has 6 heteroatoms. The van der Waals surface area contributed by atoms with E-state index >= 15 is 0 Å². The molecule has 3 amide bonds. The molecule has 1 N–H and O–H groups in total. The predicted octanol–water partition coefficient (Wildman–Crippen LogP) is 4.68. The summed E-state index contributed by atoms with van der Waals surface area (Å²) < 4.78 is 5.24. The van der Waals surface area contributed by atoms with Crippen molar-refractivity contribution >= 4 is 11.9 Å². The molecule has 0 bridgehead atoms. The smallest absolute Gasteiger partial charge is 0.339 e. The predicted molar refractivity (Wildman–Crippen MR) is 128 cm³/mol. The van der Waals surface area contributed by atoms with E-state index in [0.717, 1.165) is 16.9 Å². The summed E-state index contributed by atoms with van der Waals surface area (Å²) in [6, 6.07) is 22.8. The van der Waals surface area contributed by atoms with Gasteiger partial charge in [0.25, 0.3) is 5.91 Å². The van der Waals surface area contributed by atoms with Crippen molar-refractivity contribution in [3.63, 3.8) is 0 Å². The summed E-state index contributed by atoms with van der Waals surface area (Å²) in [7, 11) is 1.64. The normalized spacial score (nSPS) is 15.6. The number of rotatable bonds is 7. The average molecular weight is 444 g/mol. The third-order valence-electron chi connectivity index (χ3n) is 6.20. The number of nitrogens with zero attached hydrogens (tertiary/aromatic N) is 2. The summed E-state index contributed by atoms with van der Waals surface area (Å²) in [5, 5.41) is 1.43. The Kier molecular flexibility index (Phi) is 6.63. The molecular weight excluding hydrogens is 414 g/mol. The summed E-state index contributed by atoms with van der Waals surface area (Å²) in [5.41, 5.74) is 7.90. The zero-order valence-corrected chi connectivity index (χ0v) is 19.2. The van der Waals surface area contributed by atoms with Gasteiger partial charge in [0.1, 0.15) is 5.75 Å². The van der Waals surface area contributed by atoms with E-state index < -0.39 is 0 Å². The molecule has 0 aliphatic carbocycles. The molecule has 1 aliphatic rings. The number of benzene rings is 3. The number of ether oxygens (including phenoxy) is 1. The van der Waals surface area contributed by atoms with Gasteiger partial charge in [-0.05, 0) is 66.8 Å². The van der Waals surface area contributed by atoms with Crippen LogP contribution >= 0.6 is 0 Å². The molecule has 1 saturated heterocycles. The molecule has 1 atom stereocenters. The molecule has 170 valence electrons. The maximum absolute atomic E-state index is 13.3. The highest BCUT2D eigenvalue weighted by Gasteiger charge is 2.39. The highest BCUT2D eigenvalue weighted by atomic mass is 16.5. The SMILES string of the molecule is COc1ccc(CCN2C(=O)N(NC(=O)c3ccccc3)CC2c2ccc(C)c(C)c2)cc1. The summed E-state index contributed by atoms with van der Waals surface area (Å²) in [4.78, 5) is 27.9. The van der Waals surface area contributed by atoms with Crippen molar-refractivity contribution in [1.82, 2.24) is 15.3 Å². The van der Waals surface area contributed by atoms with Crippen LogP contribution in [0.2, 0.25) is 0 Å². The molecule has 1 unspecified atom stereocenters. The second-order valence-electron chi connectivity index (χ2n) is 8.35. The molecule has 3 aromatic carbocycles. The highest BCUT2D eigenvalue weighted by molar-refractivity contribution is 5.95. The van der Waals surface area contributed by atoms with Gasteiger partial charge in [-0.3, -0.25) is 10.2 Å². The first kappa shape index (κ1) is 22.4. The molecule has 0 saturated carbocycles. The number of aryl methyl sites for hydroxylation is 2. The van der Waals surface area contributed by atoms with E-state index in [9.17, 15) is 9.59 Å². The van der Waals surface area contributed by atoms with Gasteiger partial charge in [-0.25, -0.2) is 9.80 Å². The Morgan fingerprint density at radius 2 is 1.73 bits per heavy atom. The number of urea groups is 1.